The summed E-state index contributed by atoms with van der Waals surface area (Å²) >= 11 is 1.78. The van der Waals surface area contributed by atoms with E-state index >= 15 is 0 Å². The maximum Gasteiger partial charge on any atom is 0.377 e. The molecule has 0 amide bonds. The highest BCUT2D eigenvalue weighted by Gasteiger charge is 2.36. The molecule has 4 aliphatic rings. The highest BCUT2D eigenvalue weighted by atomic mass is 32.1. The van der Waals surface area contributed by atoms with Crippen LogP contribution in [-0.4, -0.2) is 71.5 Å². The van der Waals surface area contributed by atoms with Gasteiger partial charge in [-0.15, -0.1) is 15.0 Å². The van der Waals surface area contributed by atoms with Gasteiger partial charge >= 0.3 is 17.3 Å². The third kappa shape index (κ3) is 6.61. The van der Waals surface area contributed by atoms with Gasteiger partial charge in [0, 0.05) is 53.2 Å². The van der Waals surface area contributed by atoms with Crippen LogP contribution in [0, 0.1) is 0 Å². The Hall–Kier alpha value is -11.1. The smallest absolute Gasteiger partial charge is 0.255 e. The summed E-state index contributed by atoms with van der Waals surface area (Å²) in [7, 11) is 2.06. The molecule has 19 nitrogen and oxygen atoms in total. The molecule has 400 valence electrons. The first kappa shape index (κ1) is 43.6. The Balaban J connectivity index is 0.0000000877. The Bertz CT molecular complexity index is 5700. The van der Waals surface area contributed by atoms with Gasteiger partial charge in [0.2, 0.25) is 10.5 Å². The van der Waals surface area contributed by atoms with Crippen molar-refractivity contribution in [1.82, 2.24) is 71.5 Å². The number of nitrogens with zero attached hydrogens (tertiary/aromatic N) is 19. The van der Waals surface area contributed by atoms with Crippen molar-refractivity contribution < 1.29 is 22.0 Å². The molecule has 0 aliphatic carbocycles. The number of imidazole rings is 7. The average molecular weight is 1120 g/mol. The van der Waals surface area contributed by atoms with Crippen LogP contribution in [0.2, 0.25) is 0 Å². The molecular formula is C64H47N19S+4. The van der Waals surface area contributed by atoms with Crippen molar-refractivity contribution in [3.05, 3.63) is 224 Å². The highest BCUT2D eigenvalue weighted by molar-refractivity contribution is 7.23. The van der Waals surface area contributed by atoms with Crippen LogP contribution in [0.25, 0.3) is 117 Å². The molecule has 20 heteroatoms. The molecule has 0 bridgehead atoms. The van der Waals surface area contributed by atoms with E-state index in [0.717, 1.165) is 110 Å². The first-order valence-electron chi connectivity index (χ1n) is 29.0. The molecule has 0 atom stereocenters. The van der Waals surface area contributed by atoms with E-state index in [4.69, 9.17) is 4.11 Å². The number of benzene rings is 1. The van der Waals surface area contributed by atoms with Crippen LogP contribution < -0.4 is 17.9 Å². The monoisotopic (exact) mass is 1120 g/mol. The van der Waals surface area contributed by atoms with Crippen LogP contribution in [0.3, 0.4) is 0 Å². The predicted molar refractivity (Wildman–Crippen MR) is 316 cm³/mol. The largest absolute Gasteiger partial charge is 0.377 e. The highest BCUT2D eigenvalue weighted by Crippen LogP contribution is 2.38. The summed E-state index contributed by atoms with van der Waals surface area (Å²) in [6.07, 6.45) is 22.9. The molecule has 0 spiro atoms. The minimum Gasteiger partial charge on any atom is -0.255 e. The lowest BCUT2D eigenvalue weighted by Crippen LogP contribution is -2.30. The summed E-state index contributed by atoms with van der Waals surface area (Å²) in [5, 5.41) is 0. The van der Waals surface area contributed by atoms with Gasteiger partial charge in [0.15, 0.2) is 34.3 Å². The first-order valence-corrected chi connectivity index (χ1v) is 28.3. The number of hydrogen-bond donors (Lipinski definition) is 0. The molecule has 16 aromatic heterocycles. The average Bonchev–Trinajstić information content (AvgIpc) is 1.62. The fraction of sp³-hybridized carbons (Fsp3) is 0.0938. The van der Waals surface area contributed by atoms with Gasteiger partial charge in [0.05, 0.1) is 69.1 Å². The van der Waals surface area contributed by atoms with Crippen molar-refractivity contribution in [3.63, 3.8) is 0 Å². The number of fused-ring (bicyclic) bond motifs is 28. The summed E-state index contributed by atoms with van der Waals surface area (Å²) in [5.74, 6) is 2.85. The van der Waals surface area contributed by atoms with Gasteiger partial charge in [-0.25, -0.2) is 36.6 Å². The third-order valence-corrected chi connectivity index (χ3v) is 17.6. The van der Waals surface area contributed by atoms with E-state index < -0.39 is 6.98 Å². The van der Waals surface area contributed by atoms with Crippen molar-refractivity contribution in [2.24, 2.45) is 14.0 Å². The summed E-state index contributed by atoms with van der Waals surface area (Å²) in [5.41, 5.74) is 21.2. The minimum atomic E-state index is -2.31. The zero-order chi connectivity index (χ0) is 57.8. The predicted octanol–water partition coefficient (Wildman–Crippen LogP) is 8.32. The molecule has 4 aliphatic heterocycles. The van der Waals surface area contributed by atoms with Gasteiger partial charge in [-0.05, 0) is 84.9 Å². The van der Waals surface area contributed by atoms with Crippen molar-refractivity contribution in [3.8, 4) is 51.2 Å². The molecule has 21 rings (SSSR count). The molecule has 17 aromatic rings. The van der Waals surface area contributed by atoms with E-state index in [1.165, 1.54) is 42.2 Å². The zero-order valence-corrected chi connectivity index (χ0v) is 45.6. The number of thiazole rings is 1. The Morgan fingerprint density at radius 1 is 0.464 bits per heavy atom. The number of hydrogen-bond acceptors (Lipinski definition) is 9. The van der Waals surface area contributed by atoms with E-state index in [2.05, 4.69) is 162 Å². The van der Waals surface area contributed by atoms with Crippen molar-refractivity contribution >= 4 is 77.3 Å². The molecule has 0 saturated heterocycles. The Kier molecular flexibility index (Phi) is 9.19. The van der Waals surface area contributed by atoms with Gasteiger partial charge in [-0.1, -0.05) is 53.8 Å². The van der Waals surface area contributed by atoms with Gasteiger partial charge in [0.1, 0.15) is 56.9 Å². The van der Waals surface area contributed by atoms with Crippen LogP contribution in [0.5, 0.6) is 0 Å². The minimum absolute atomic E-state index is 0.460. The second kappa shape index (κ2) is 17.7. The molecular weight excluding hydrogens is 1070 g/mol. The van der Waals surface area contributed by atoms with E-state index in [1.807, 2.05) is 119 Å². The molecule has 0 unspecified atom stereocenters. The Morgan fingerprint density at radius 3 is 1.62 bits per heavy atom. The van der Waals surface area contributed by atoms with Gasteiger partial charge < -0.3 is 0 Å². The maximum absolute atomic E-state index is 7.93. The molecule has 0 N–H and O–H groups in total. The SMILES string of the molecule is C[n+]1c2ncccc2n2cc3n(c21)Cc1cccnc1-3.[2H]C([2H])([2H])[n+]1c2ncccc2n2cc3n(c21)Cc1cccnc1-3.c1ccc(-n2c3ncccc3[n+]3cc4n(c23)Cc2cccnc2-4)cc1.c1cnc2c(c1)Cn1c[n+]3c(sc4cccnc43)c1-2. The second-order valence-corrected chi connectivity index (χ2v) is 22.2. The summed E-state index contributed by atoms with van der Waals surface area (Å²) < 4.78 is 48.1. The fourth-order valence-electron chi connectivity index (χ4n) is 13.0. The Morgan fingerprint density at radius 2 is 0.976 bits per heavy atom. The van der Waals surface area contributed by atoms with E-state index in [1.54, 1.807) is 23.7 Å². The molecule has 20 heterocycles. The first-order chi connectivity index (χ1) is 42.7. The molecule has 1 aromatic carbocycles. The normalized spacial score (nSPS) is 13.6. The van der Waals surface area contributed by atoms with Crippen LogP contribution in [0.4, 0.5) is 0 Å². The van der Waals surface area contributed by atoms with Crippen LogP contribution in [0.1, 0.15) is 26.4 Å². The lowest BCUT2D eigenvalue weighted by molar-refractivity contribution is -0.623. The summed E-state index contributed by atoms with van der Waals surface area (Å²) in [4.78, 5) is 37.2. The van der Waals surface area contributed by atoms with Crippen molar-refractivity contribution in [1.29, 1.82) is 0 Å². The number of pyridine rings is 8. The number of para-hydroxylation sites is 1. The maximum atomic E-state index is 7.93. The molecule has 84 heavy (non-hydrogen) atoms. The van der Waals surface area contributed by atoms with E-state index in [9.17, 15) is 0 Å². The lowest BCUT2D eigenvalue weighted by Gasteiger charge is -2.00. The Labute approximate surface area is 484 Å². The van der Waals surface area contributed by atoms with Gasteiger partial charge in [-0.2, -0.15) is 13.4 Å². The number of aromatic nitrogens is 19. The molecule has 0 radical (unpaired) electrons. The van der Waals surface area contributed by atoms with E-state index in [0.29, 0.717) is 18.0 Å². The van der Waals surface area contributed by atoms with Gasteiger partial charge in [-0.3, -0.25) is 24.5 Å². The summed E-state index contributed by atoms with van der Waals surface area (Å²) in [6, 6.07) is 42.7. The van der Waals surface area contributed by atoms with Crippen molar-refractivity contribution in [2.75, 3.05) is 0 Å². The standard InChI is InChI=1S/C20H14N5.2C15H12N5.C14H9N4S/c1-2-7-15(8-3-1)25-19-16(9-5-11-22-19)24-13-17-18-14(6-4-10-21-18)12-23(17)20(24)25;2*1-18-14-11(5-3-7-17-14)20-9-12-13-10(4-2-6-16-13)8-19(12)15(18)20;1-3-9-7-17-8-18-13-10(4-2-6-16-13)19-14(18)12(17)11(9)15-5-1/h1-11,13H,12H2;2*2-7,9H,8H2,1H3;1-6,8H,7H2/q4*+1/i;1D3;;. The zero-order valence-electron chi connectivity index (χ0n) is 47.8. The van der Waals surface area contributed by atoms with Crippen LogP contribution in [-0.2, 0) is 40.2 Å². The van der Waals surface area contributed by atoms with Crippen molar-refractivity contribution in [2.45, 2.75) is 26.2 Å². The van der Waals surface area contributed by atoms with E-state index in [-0.39, 0.29) is 0 Å². The van der Waals surface area contributed by atoms with Gasteiger partial charge in [0.25, 0.3) is 16.9 Å². The molecule has 0 fully saturated rings. The molecule has 0 saturated carbocycles. The fourth-order valence-corrected chi connectivity index (χ4v) is 14.1. The quantitative estimate of drug-likeness (QED) is 0.149. The third-order valence-electron chi connectivity index (χ3n) is 16.5. The summed E-state index contributed by atoms with van der Waals surface area (Å²) in [6.45, 7) is 0.915. The van der Waals surface area contributed by atoms with Crippen LogP contribution in [0.15, 0.2) is 202 Å². The topological polar surface area (TPSA) is 153 Å². The van der Waals surface area contributed by atoms with Crippen LogP contribution >= 0.6 is 11.3 Å². The second-order valence-electron chi connectivity index (χ2n) is 21.2. The lowest BCUT2D eigenvalue weighted by atomic mass is 10.2. The number of rotatable bonds is 1. The number of aryl methyl sites for hydroxylation is 2.